The normalized spacial score (nSPS) is 17.2. The van der Waals surface area contributed by atoms with E-state index < -0.39 is 0 Å². The summed E-state index contributed by atoms with van der Waals surface area (Å²) in [6.45, 7) is 9.04. The Hall–Kier alpha value is -1.66. The number of nitrogens with zero attached hydrogens (tertiary/aromatic N) is 1. The number of aryl methyl sites for hydroxylation is 1. The Labute approximate surface area is 192 Å². The first-order valence-electron chi connectivity index (χ1n) is 10.1. The SMILES string of the molecule is CC(=O)NC1CC1c1c(C)nc(CC(C)C)c(CN)c1-c1ccc(CN)cc1.Cl.Cl. The highest BCUT2D eigenvalue weighted by Gasteiger charge is 2.42. The molecule has 5 nitrogen and oxygen atoms in total. The highest BCUT2D eigenvalue weighted by Crippen LogP contribution is 2.47. The van der Waals surface area contributed by atoms with Crippen LogP contribution in [0, 0.1) is 12.8 Å². The number of nitrogens with one attached hydrogen (secondary N) is 1. The summed E-state index contributed by atoms with van der Waals surface area (Å²) in [5, 5.41) is 3.06. The first-order valence-corrected chi connectivity index (χ1v) is 10.1. The second kappa shape index (κ2) is 11.1. The van der Waals surface area contributed by atoms with E-state index in [4.69, 9.17) is 16.5 Å². The van der Waals surface area contributed by atoms with Crippen molar-refractivity contribution in [1.29, 1.82) is 0 Å². The van der Waals surface area contributed by atoms with Crippen LogP contribution in [0.15, 0.2) is 24.3 Å². The monoisotopic (exact) mass is 452 g/mol. The van der Waals surface area contributed by atoms with Crippen molar-refractivity contribution in [3.05, 3.63) is 52.3 Å². The molecule has 7 heteroatoms. The molecular weight excluding hydrogens is 419 g/mol. The van der Waals surface area contributed by atoms with Gasteiger partial charge in [-0.1, -0.05) is 38.1 Å². The molecule has 1 saturated carbocycles. The Kier molecular flexibility index (Phi) is 9.76. The zero-order valence-corrected chi connectivity index (χ0v) is 19.8. The largest absolute Gasteiger partial charge is 0.353 e. The van der Waals surface area contributed by atoms with Crippen LogP contribution in [-0.2, 0) is 24.3 Å². The van der Waals surface area contributed by atoms with Crippen molar-refractivity contribution >= 4 is 30.7 Å². The van der Waals surface area contributed by atoms with E-state index in [-0.39, 0.29) is 36.8 Å². The van der Waals surface area contributed by atoms with Crippen LogP contribution in [0.25, 0.3) is 11.1 Å². The van der Waals surface area contributed by atoms with Gasteiger partial charge in [0, 0.05) is 43.4 Å². The lowest BCUT2D eigenvalue weighted by molar-refractivity contribution is -0.119. The van der Waals surface area contributed by atoms with Gasteiger partial charge in [-0.25, -0.2) is 0 Å². The average Bonchev–Trinajstić information content (AvgIpc) is 3.38. The van der Waals surface area contributed by atoms with Crippen molar-refractivity contribution in [3.8, 4) is 11.1 Å². The fourth-order valence-corrected chi connectivity index (χ4v) is 4.12. The number of carbonyl (C=O) groups excluding carboxylic acids is 1. The molecule has 0 saturated heterocycles. The zero-order valence-electron chi connectivity index (χ0n) is 18.2. The molecule has 1 amide bonds. The maximum Gasteiger partial charge on any atom is 0.217 e. The molecule has 2 atom stereocenters. The second-order valence-electron chi connectivity index (χ2n) is 8.26. The third-order valence-electron chi connectivity index (χ3n) is 5.45. The fraction of sp³-hybridized carbons (Fsp3) is 0.478. The molecule has 0 radical (unpaired) electrons. The van der Waals surface area contributed by atoms with E-state index in [1.165, 1.54) is 11.1 Å². The Morgan fingerprint density at radius 1 is 1.17 bits per heavy atom. The molecule has 0 bridgehead atoms. The molecule has 1 aromatic heterocycles. The predicted octanol–water partition coefficient (Wildman–Crippen LogP) is 4.01. The van der Waals surface area contributed by atoms with Gasteiger partial charge < -0.3 is 16.8 Å². The van der Waals surface area contributed by atoms with Crippen LogP contribution in [0.1, 0.15) is 61.2 Å². The predicted molar refractivity (Wildman–Crippen MR) is 128 cm³/mol. The lowest BCUT2D eigenvalue weighted by atomic mass is 9.88. The Morgan fingerprint density at radius 3 is 2.30 bits per heavy atom. The van der Waals surface area contributed by atoms with E-state index in [2.05, 4.69) is 50.4 Å². The van der Waals surface area contributed by atoms with E-state index in [0.29, 0.717) is 24.9 Å². The average molecular weight is 453 g/mol. The number of hydrogen-bond donors (Lipinski definition) is 3. The number of nitrogens with two attached hydrogens (primary N) is 2. The van der Waals surface area contributed by atoms with Gasteiger partial charge in [0.05, 0.1) is 0 Å². The molecule has 3 rings (SSSR count). The summed E-state index contributed by atoms with van der Waals surface area (Å²) in [4.78, 5) is 16.5. The van der Waals surface area contributed by atoms with Crippen LogP contribution >= 0.6 is 24.8 Å². The number of carbonyl (C=O) groups is 1. The first-order chi connectivity index (χ1) is 13.3. The van der Waals surface area contributed by atoms with Gasteiger partial charge in [-0.2, -0.15) is 0 Å². The highest BCUT2D eigenvalue weighted by molar-refractivity contribution is 5.85. The van der Waals surface area contributed by atoms with E-state index in [1.54, 1.807) is 6.92 Å². The Morgan fingerprint density at radius 2 is 1.80 bits per heavy atom. The zero-order chi connectivity index (χ0) is 20.4. The molecule has 1 aromatic carbocycles. The molecule has 0 spiro atoms. The minimum Gasteiger partial charge on any atom is -0.353 e. The van der Waals surface area contributed by atoms with Crippen LogP contribution in [0.4, 0.5) is 0 Å². The van der Waals surface area contributed by atoms with Gasteiger partial charge in [-0.3, -0.25) is 9.78 Å². The van der Waals surface area contributed by atoms with Crippen molar-refractivity contribution in [3.63, 3.8) is 0 Å². The molecule has 0 aliphatic heterocycles. The number of rotatable bonds is 7. The van der Waals surface area contributed by atoms with Crippen molar-refractivity contribution in [2.75, 3.05) is 0 Å². The van der Waals surface area contributed by atoms with Gasteiger partial charge in [0.25, 0.3) is 0 Å². The number of hydrogen-bond acceptors (Lipinski definition) is 4. The van der Waals surface area contributed by atoms with Gasteiger partial charge in [0.2, 0.25) is 5.91 Å². The van der Waals surface area contributed by atoms with Crippen LogP contribution in [0.2, 0.25) is 0 Å². The van der Waals surface area contributed by atoms with E-state index in [0.717, 1.165) is 40.9 Å². The maximum absolute atomic E-state index is 11.5. The van der Waals surface area contributed by atoms with Gasteiger partial charge in [-0.05, 0) is 53.5 Å². The number of benzene rings is 1. The molecule has 1 fully saturated rings. The van der Waals surface area contributed by atoms with Crippen molar-refractivity contribution in [1.82, 2.24) is 10.3 Å². The third-order valence-corrected chi connectivity index (χ3v) is 5.45. The minimum atomic E-state index is 0. The van der Waals surface area contributed by atoms with E-state index in [9.17, 15) is 4.79 Å². The number of amides is 1. The van der Waals surface area contributed by atoms with Crippen LogP contribution in [0.5, 0.6) is 0 Å². The number of aromatic nitrogens is 1. The number of halogens is 2. The Bertz CT molecular complexity index is 868. The summed E-state index contributed by atoms with van der Waals surface area (Å²) in [6, 6.07) is 8.61. The molecule has 1 aliphatic rings. The number of pyridine rings is 1. The van der Waals surface area contributed by atoms with E-state index >= 15 is 0 Å². The quantitative estimate of drug-likeness (QED) is 0.591. The molecule has 2 unspecified atom stereocenters. The summed E-state index contributed by atoms with van der Waals surface area (Å²) in [6.07, 6.45) is 1.85. The molecule has 1 heterocycles. The molecule has 2 aromatic rings. The summed E-state index contributed by atoms with van der Waals surface area (Å²) < 4.78 is 0. The topological polar surface area (TPSA) is 94.0 Å². The summed E-state index contributed by atoms with van der Waals surface area (Å²) in [5.74, 6) is 0.810. The smallest absolute Gasteiger partial charge is 0.217 e. The lowest BCUT2D eigenvalue weighted by Crippen LogP contribution is -2.23. The van der Waals surface area contributed by atoms with Crippen LogP contribution in [0.3, 0.4) is 0 Å². The van der Waals surface area contributed by atoms with Crippen molar-refractivity contribution in [2.24, 2.45) is 17.4 Å². The molecule has 5 N–H and O–H groups in total. The van der Waals surface area contributed by atoms with Crippen LogP contribution < -0.4 is 16.8 Å². The molecule has 30 heavy (non-hydrogen) atoms. The van der Waals surface area contributed by atoms with Crippen LogP contribution in [-0.4, -0.2) is 16.9 Å². The summed E-state index contributed by atoms with van der Waals surface area (Å²) in [5.41, 5.74) is 20.0. The summed E-state index contributed by atoms with van der Waals surface area (Å²) >= 11 is 0. The fourth-order valence-electron chi connectivity index (χ4n) is 4.12. The standard InChI is InChI=1S/C23H32N4O.2ClH/c1-13(2)9-20-19(12-25)23(17-7-5-16(11-24)6-8-17)22(14(3)26-20)18-10-21(18)27-15(4)28;;/h5-8,13,18,21H,9-12,24-25H2,1-4H3,(H,27,28);2*1H. The van der Waals surface area contributed by atoms with Crippen molar-refractivity contribution < 1.29 is 4.79 Å². The third kappa shape index (κ3) is 5.73. The van der Waals surface area contributed by atoms with E-state index in [1.807, 2.05) is 0 Å². The van der Waals surface area contributed by atoms with Gasteiger partial charge >= 0.3 is 0 Å². The lowest BCUT2D eigenvalue weighted by Gasteiger charge is -2.21. The maximum atomic E-state index is 11.5. The minimum absolute atomic E-state index is 0. The molecule has 1 aliphatic carbocycles. The summed E-state index contributed by atoms with van der Waals surface area (Å²) in [7, 11) is 0. The highest BCUT2D eigenvalue weighted by atomic mass is 35.5. The van der Waals surface area contributed by atoms with Gasteiger partial charge in [0.15, 0.2) is 0 Å². The molecule has 166 valence electrons. The van der Waals surface area contributed by atoms with Gasteiger partial charge in [-0.15, -0.1) is 24.8 Å². The first kappa shape index (κ1) is 26.4. The Balaban J connectivity index is 0.00000225. The molecular formula is C23H34Cl2N4O. The second-order valence-corrected chi connectivity index (χ2v) is 8.26. The van der Waals surface area contributed by atoms with Gasteiger partial charge in [0.1, 0.15) is 0 Å². The van der Waals surface area contributed by atoms with Crippen molar-refractivity contribution in [2.45, 2.75) is 65.6 Å².